The zero-order chi connectivity index (χ0) is 13.6. The highest BCUT2D eigenvalue weighted by Crippen LogP contribution is 2.39. The summed E-state index contributed by atoms with van der Waals surface area (Å²) in [4.78, 5) is 14.3. The highest BCUT2D eigenvalue weighted by atomic mass is 16.7. The van der Waals surface area contributed by atoms with Crippen LogP contribution in [-0.4, -0.2) is 53.1 Å². The molecule has 1 saturated carbocycles. The van der Waals surface area contributed by atoms with Crippen LogP contribution in [0.15, 0.2) is 6.07 Å². The van der Waals surface area contributed by atoms with Gasteiger partial charge in [-0.1, -0.05) is 0 Å². The van der Waals surface area contributed by atoms with Gasteiger partial charge in [-0.05, 0) is 18.9 Å². The number of carbonyl (C=O) groups excluding carboxylic acids is 1. The molecule has 3 aliphatic rings. The van der Waals surface area contributed by atoms with Crippen LogP contribution in [-0.2, 0) is 9.47 Å². The maximum atomic E-state index is 12.4. The van der Waals surface area contributed by atoms with E-state index in [9.17, 15) is 4.79 Å². The molecule has 108 valence electrons. The zero-order valence-electron chi connectivity index (χ0n) is 11.4. The Bertz CT molecular complexity index is 507. The summed E-state index contributed by atoms with van der Waals surface area (Å²) in [6.07, 6.45) is 3.91. The zero-order valence-corrected chi connectivity index (χ0v) is 11.4. The van der Waals surface area contributed by atoms with E-state index >= 15 is 0 Å². The highest BCUT2D eigenvalue weighted by molar-refractivity contribution is 5.92. The average molecular weight is 277 g/mol. The third-order valence-electron chi connectivity index (χ3n) is 4.46. The van der Waals surface area contributed by atoms with Gasteiger partial charge in [0.25, 0.3) is 5.91 Å². The van der Waals surface area contributed by atoms with Crippen LogP contribution in [0.3, 0.4) is 0 Å². The lowest BCUT2D eigenvalue weighted by Gasteiger charge is -2.37. The number of H-pyrrole nitrogens is 1. The van der Waals surface area contributed by atoms with Crippen molar-refractivity contribution in [1.82, 2.24) is 15.1 Å². The van der Waals surface area contributed by atoms with Gasteiger partial charge in [0.05, 0.1) is 13.2 Å². The second-order valence-corrected chi connectivity index (χ2v) is 5.88. The monoisotopic (exact) mass is 277 g/mol. The number of carbonyl (C=O) groups is 1. The third-order valence-corrected chi connectivity index (χ3v) is 4.46. The van der Waals surface area contributed by atoms with Crippen molar-refractivity contribution in [3.63, 3.8) is 0 Å². The van der Waals surface area contributed by atoms with Gasteiger partial charge in [0.2, 0.25) is 0 Å². The fraction of sp³-hybridized carbons (Fsp3) is 0.714. The first-order valence-electron chi connectivity index (χ1n) is 7.38. The third kappa shape index (κ3) is 2.13. The number of aromatic amines is 1. The van der Waals surface area contributed by atoms with Crippen molar-refractivity contribution < 1.29 is 14.3 Å². The molecule has 1 aliphatic carbocycles. The summed E-state index contributed by atoms with van der Waals surface area (Å²) >= 11 is 0. The largest absolute Gasteiger partial charge is 0.347 e. The van der Waals surface area contributed by atoms with Gasteiger partial charge in [-0.2, -0.15) is 5.10 Å². The van der Waals surface area contributed by atoms with Crippen molar-refractivity contribution in [2.45, 2.75) is 37.4 Å². The topological polar surface area (TPSA) is 67.5 Å². The predicted octanol–water partition coefficient (Wildman–Crippen LogP) is 1.27. The molecule has 6 nitrogen and oxygen atoms in total. The number of amides is 1. The number of nitrogens with one attached hydrogen (secondary N) is 1. The van der Waals surface area contributed by atoms with E-state index in [0.717, 1.165) is 18.5 Å². The number of aromatic nitrogens is 2. The van der Waals surface area contributed by atoms with Crippen LogP contribution < -0.4 is 0 Å². The van der Waals surface area contributed by atoms with Gasteiger partial charge in [-0.15, -0.1) is 0 Å². The van der Waals surface area contributed by atoms with Crippen molar-refractivity contribution in [2.75, 3.05) is 26.3 Å². The van der Waals surface area contributed by atoms with Crippen LogP contribution in [0.2, 0.25) is 0 Å². The fourth-order valence-electron chi connectivity index (χ4n) is 3.05. The van der Waals surface area contributed by atoms with Gasteiger partial charge in [0, 0.05) is 37.5 Å². The molecule has 1 aromatic heterocycles. The van der Waals surface area contributed by atoms with E-state index in [-0.39, 0.29) is 5.91 Å². The van der Waals surface area contributed by atoms with Gasteiger partial charge in [-0.3, -0.25) is 9.89 Å². The Balaban J connectivity index is 1.41. The molecule has 0 aromatic carbocycles. The summed E-state index contributed by atoms with van der Waals surface area (Å²) in [7, 11) is 0. The quantitative estimate of drug-likeness (QED) is 0.884. The SMILES string of the molecule is O=C(c1cc(C2CC2)[nH]n1)N1CCC2(CC1)OCCO2. The molecular formula is C14H19N3O3. The van der Waals surface area contributed by atoms with E-state index in [1.165, 1.54) is 12.8 Å². The summed E-state index contributed by atoms with van der Waals surface area (Å²) in [6, 6.07) is 1.91. The van der Waals surface area contributed by atoms with Gasteiger partial charge >= 0.3 is 0 Å². The van der Waals surface area contributed by atoms with E-state index in [1.54, 1.807) is 0 Å². The standard InChI is InChI=1S/C14H19N3O3/c18-13(12-9-11(15-16-12)10-1-2-10)17-5-3-14(4-6-17)19-7-8-20-14/h9-10H,1-8H2,(H,15,16). The smallest absolute Gasteiger partial charge is 0.274 e. The Morgan fingerprint density at radius 2 is 2.00 bits per heavy atom. The van der Waals surface area contributed by atoms with Crippen molar-refractivity contribution in [3.05, 3.63) is 17.5 Å². The number of rotatable bonds is 2. The second-order valence-electron chi connectivity index (χ2n) is 5.88. The number of likely N-dealkylation sites (tertiary alicyclic amines) is 1. The molecule has 1 spiro atoms. The van der Waals surface area contributed by atoms with Crippen LogP contribution in [0.1, 0.15) is 47.8 Å². The Hall–Kier alpha value is -1.40. The lowest BCUT2D eigenvalue weighted by molar-refractivity contribution is -0.181. The molecule has 1 aromatic rings. The molecule has 0 unspecified atom stereocenters. The van der Waals surface area contributed by atoms with Crippen LogP contribution in [0, 0.1) is 0 Å². The molecule has 4 rings (SSSR count). The first-order valence-corrected chi connectivity index (χ1v) is 7.38. The summed E-state index contributed by atoms with van der Waals surface area (Å²) in [5, 5.41) is 7.15. The average Bonchev–Trinajstić information content (AvgIpc) is 3.04. The Labute approximate surface area is 117 Å². The molecule has 3 heterocycles. The van der Waals surface area contributed by atoms with E-state index in [2.05, 4.69) is 10.2 Å². The summed E-state index contributed by atoms with van der Waals surface area (Å²) in [6.45, 7) is 2.67. The van der Waals surface area contributed by atoms with Gasteiger partial charge in [0.15, 0.2) is 5.79 Å². The summed E-state index contributed by atoms with van der Waals surface area (Å²) in [5.74, 6) is 0.177. The maximum absolute atomic E-state index is 12.4. The minimum absolute atomic E-state index is 0.0148. The maximum Gasteiger partial charge on any atom is 0.274 e. The molecular weight excluding hydrogens is 258 g/mol. The molecule has 2 saturated heterocycles. The summed E-state index contributed by atoms with van der Waals surface area (Å²) in [5.41, 5.74) is 1.64. The normalized spacial score (nSPS) is 25.3. The number of ether oxygens (including phenoxy) is 2. The van der Waals surface area contributed by atoms with Gasteiger partial charge in [0.1, 0.15) is 5.69 Å². The summed E-state index contributed by atoms with van der Waals surface area (Å²) < 4.78 is 11.4. The molecule has 0 bridgehead atoms. The van der Waals surface area contributed by atoms with Crippen molar-refractivity contribution >= 4 is 5.91 Å². The molecule has 20 heavy (non-hydrogen) atoms. The Morgan fingerprint density at radius 3 is 2.65 bits per heavy atom. The molecule has 0 radical (unpaired) electrons. The second kappa shape index (κ2) is 4.56. The molecule has 1 N–H and O–H groups in total. The van der Waals surface area contributed by atoms with Crippen molar-refractivity contribution in [2.24, 2.45) is 0 Å². The molecule has 3 fully saturated rings. The number of hydrogen-bond acceptors (Lipinski definition) is 4. The minimum atomic E-state index is -0.429. The Kier molecular flexibility index (Phi) is 2.82. The number of piperidine rings is 1. The van der Waals surface area contributed by atoms with Crippen LogP contribution in [0.25, 0.3) is 0 Å². The Morgan fingerprint density at radius 1 is 1.30 bits per heavy atom. The first kappa shape index (κ1) is 12.3. The van der Waals surface area contributed by atoms with E-state index in [4.69, 9.17) is 9.47 Å². The minimum Gasteiger partial charge on any atom is -0.347 e. The van der Waals surface area contributed by atoms with Gasteiger partial charge < -0.3 is 14.4 Å². The van der Waals surface area contributed by atoms with Crippen LogP contribution in [0.5, 0.6) is 0 Å². The molecule has 1 amide bonds. The van der Waals surface area contributed by atoms with Gasteiger partial charge in [-0.25, -0.2) is 0 Å². The number of nitrogens with zero attached hydrogens (tertiary/aromatic N) is 2. The van der Waals surface area contributed by atoms with Crippen LogP contribution >= 0.6 is 0 Å². The van der Waals surface area contributed by atoms with E-state index < -0.39 is 5.79 Å². The van der Waals surface area contributed by atoms with Crippen LogP contribution in [0.4, 0.5) is 0 Å². The van der Waals surface area contributed by atoms with E-state index in [1.807, 2.05) is 11.0 Å². The van der Waals surface area contributed by atoms with E-state index in [0.29, 0.717) is 37.9 Å². The lowest BCUT2D eigenvalue weighted by Crippen LogP contribution is -2.47. The lowest BCUT2D eigenvalue weighted by atomic mass is 10.0. The highest BCUT2D eigenvalue weighted by Gasteiger charge is 2.41. The molecule has 2 aliphatic heterocycles. The fourth-order valence-corrected chi connectivity index (χ4v) is 3.05. The van der Waals surface area contributed by atoms with Crippen molar-refractivity contribution in [1.29, 1.82) is 0 Å². The van der Waals surface area contributed by atoms with Crippen molar-refractivity contribution in [3.8, 4) is 0 Å². The molecule has 6 heteroatoms. The first-order chi connectivity index (χ1) is 9.76. The number of hydrogen-bond donors (Lipinski definition) is 1. The predicted molar refractivity (Wildman–Crippen MR) is 70.3 cm³/mol. The molecule has 0 atom stereocenters.